The number of imidazole rings is 1. The van der Waals surface area contributed by atoms with Gasteiger partial charge in [0.15, 0.2) is 0 Å². The Morgan fingerprint density at radius 1 is 1.53 bits per heavy atom. The number of fused-ring (bicyclic) bond motifs is 1. The summed E-state index contributed by atoms with van der Waals surface area (Å²) in [7, 11) is 0. The molecule has 0 radical (unpaired) electrons. The first-order valence-corrected chi connectivity index (χ1v) is 6.09. The van der Waals surface area contributed by atoms with E-state index in [9.17, 15) is 0 Å². The van der Waals surface area contributed by atoms with Gasteiger partial charge in [0, 0.05) is 24.7 Å². The molecule has 0 bridgehead atoms. The largest absolute Gasteiger partial charge is 0.467 e. The van der Waals surface area contributed by atoms with Crippen molar-refractivity contribution in [3.05, 3.63) is 41.9 Å². The lowest BCUT2D eigenvalue weighted by molar-refractivity contribution is 0.424. The smallest absolute Gasteiger partial charge is 0.126 e. The zero-order valence-electron chi connectivity index (χ0n) is 10.2. The predicted octanol–water partition coefficient (Wildman–Crippen LogP) is 2.29. The Morgan fingerprint density at radius 2 is 2.41 bits per heavy atom. The van der Waals surface area contributed by atoms with Gasteiger partial charge >= 0.3 is 0 Å². The lowest BCUT2D eigenvalue weighted by Crippen LogP contribution is -2.31. The number of aromatic nitrogens is 2. The van der Waals surface area contributed by atoms with Crippen LogP contribution in [0, 0.1) is 0 Å². The fourth-order valence-electron chi connectivity index (χ4n) is 2.47. The molecule has 0 amide bonds. The van der Waals surface area contributed by atoms with E-state index in [1.807, 2.05) is 18.5 Å². The normalized spacial score (nSPS) is 19.6. The molecular formula is C13H17N3O. The zero-order chi connectivity index (χ0) is 11.8. The molecule has 3 heterocycles. The minimum atomic E-state index is 0.105. The molecule has 2 aromatic rings. The molecule has 0 spiro atoms. The molecule has 1 N–H and O–H groups in total. The van der Waals surface area contributed by atoms with Gasteiger partial charge in [-0.25, -0.2) is 4.98 Å². The molecule has 90 valence electrons. The van der Waals surface area contributed by atoms with Gasteiger partial charge in [0.1, 0.15) is 11.8 Å². The second-order valence-corrected chi connectivity index (χ2v) is 4.73. The van der Waals surface area contributed by atoms with Crippen LogP contribution in [0.3, 0.4) is 0 Å². The first-order valence-electron chi connectivity index (χ1n) is 6.09. The highest BCUT2D eigenvalue weighted by Crippen LogP contribution is 2.29. The average Bonchev–Trinajstić information content (AvgIpc) is 2.97. The molecule has 0 aliphatic carbocycles. The first kappa shape index (κ1) is 10.6. The van der Waals surface area contributed by atoms with Crippen molar-refractivity contribution in [1.29, 1.82) is 0 Å². The third kappa shape index (κ3) is 1.69. The van der Waals surface area contributed by atoms with Crippen LogP contribution in [0.1, 0.15) is 43.1 Å². The number of hydrogen-bond donors (Lipinski definition) is 1. The summed E-state index contributed by atoms with van der Waals surface area (Å²) in [5, 5.41) is 3.46. The Labute approximate surface area is 101 Å². The van der Waals surface area contributed by atoms with Crippen molar-refractivity contribution in [3.63, 3.8) is 0 Å². The summed E-state index contributed by atoms with van der Waals surface area (Å²) in [4.78, 5) is 4.56. The lowest BCUT2D eigenvalue weighted by atomic mass is 10.0. The van der Waals surface area contributed by atoms with Crippen molar-refractivity contribution in [2.45, 2.75) is 32.4 Å². The summed E-state index contributed by atoms with van der Waals surface area (Å²) >= 11 is 0. The van der Waals surface area contributed by atoms with Gasteiger partial charge in [-0.3, -0.25) is 0 Å². The highest BCUT2D eigenvalue weighted by molar-refractivity contribution is 5.28. The van der Waals surface area contributed by atoms with E-state index in [1.54, 1.807) is 6.26 Å². The van der Waals surface area contributed by atoms with Gasteiger partial charge in [-0.1, -0.05) is 0 Å². The number of furan rings is 1. The number of hydrogen-bond acceptors (Lipinski definition) is 3. The molecule has 4 nitrogen and oxygen atoms in total. The van der Waals surface area contributed by atoms with Crippen LogP contribution >= 0.6 is 0 Å². The van der Waals surface area contributed by atoms with Crippen LogP contribution in [0.4, 0.5) is 0 Å². The maximum absolute atomic E-state index is 5.49. The second-order valence-electron chi connectivity index (χ2n) is 4.73. The molecule has 1 aliphatic heterocycles. The van der Waals surface area contributed by atoms with E-state index in [4.69, 9.17) is 4.42 Å². The van der Waals surface area contributed by atoms with Gasteiger partial charge < -0.3 is 14.3 Å². The molecule has 1 unspecified atom stereocenters. The molecule has 2 aromatic heterocycles. The molecule has 3 rings (SSSR count). The topological polar surface area (TPSA) is 43.0 Å². The van der Waals surface area contributed by atoms with E-state index >= 15 is 0 Å². The molecule has 1 atom stereocenters. The van der Waals surface area contributed by atoms with Crippen molar-refractivity contribution in [1.82, 2.24) is 14.9 Å². The molecule has 0 aromatic carbocycles. The molecule has 0 fully saturated rings. The van der Waals surface area contributed by atoms with Crippen LogP contribution in [0.25, 0.3) is 0 Å². The van der Waals surface area contributed by atoms with E-state index in [0.717, 1.165) is 24.4 Å². The van der Waals surface area contributed by atoms with Crippen molar-refractivity contribution < 1.29 is 4.42 Å². The molecular weight excluding hydrogens is 214 g/mol. The fraction of sp³-hybridized carbons (Fsp3) is 0.462. The zero-order valence-corrected chi connectivity index (χ0v) is 10.2. The van der Waals surface area contributed by atoms with E-state index in [0.29, 0.717) is 6.04 Å². The fourth-order valence-corrected chi connectivity index (χ4v) is 2.47. The maximum Gasteiger partial charge on any atom is 0.126 e. The molecule has 0 saturated heterocycles. The van der Waals surface area contributed by atoms with Gasteiger partial charge in [0.2, 0.25) is 0 Å². The van der Waals surface area contributed by atoms with E-state index in [-0.39, 0.29) is 6.04 Å². The van der Waals surface area contributed by atoms with E-state index in [2.05, 4.69) is 28.7 Å². The van der Waals surface area contributed by atoms with Crippen LogP contribution in [-0.2, 0) is 6.42 Å². The monoisotopic (exact) mass is 231 g/mol. The van der Waals surface area contributed by atoms with Gasteiger partial charge in [-0.05, 0) is 26.0 Å². The Hall–Kier alpha value is -1.55. The predicted molar refractivity (Wildman–Crippen MR) is 64.9 cm³/mol. The van der Waals surface area contributed by atoms with Crippen LogP contribution < -0.4 is 5.32 Å². The first-order chi connectivity index (χ1) is 8.27. The summed E-state index contributed by atoms with van der Waals surface area (Å²) in [5.41, 5.74) is 2.44. The summed E-state index contributed by atoms with van der Waals surface area (Å²) in [6, 6.07) is 4.49. The van der Waals surface area contributed by atoms with Crippen molar-refractivity contribution in [3.8, 4) is 0 Å². The van der Waals surface area contributed by atoms with Gasteiger partial charge in [0.25, 0.3) is 0 Å². The quantitative estimate of drug-likeness (QED) is 0.862. The molecule has 17 heavy (non-hydrogen) atoms. The SMILES string of the molecule is CC(C)n1cnc2c1CCNC2c1ccco1. The number of nitrogens with zero attached hydrogens (tertiary/aromatic N) is 2. The van der Waals surface area contributed by atoms with Crippen LogP contribution in [0.5, 0.6) is 0 Å². The van der Waals surface area contributed by atoms with Crippen molar-refractivity contribution >= 4 is 0 Å². The maximum atomic E-state index is 5.49. The molecule has 0 saturated carbocycles. The summed E-state index contributed by atoms with van der Waals surface area (Å²) < 4.78 is 7.74. The number of nitrogens with one attached hydrogen (secondary N) is 1. The average molecular weight is 231 g/mol. The van der Waals surface area contributed by atoms with E-state index < -0.39 is 0 Å². The van der Waals surface area contributed by atoms with Crippen LogP contribution in [-0.4, -0.2) is 16.1 Å². The molecule has 1 aliphatic rings. The second kappa shape index (κ2) is 4.04. The Kier molecular flexibility index (Phi) is 2.52. The Balaban J connectivity index is 2.03. The summed E-state index contributed by atoms with van der Waals surface area (Å²) in [6.45, 7) is 5.34. The van der Waals surface area contributed by atoms with Crippen LogP contribution in [0.2, 0.25) is 0 Å². The number of rotatable bonds is 2. The standard InChI is InChI=1S/C13H17N3O/c1-9(2)16-8-15-12-10(16)5-6-14-13(12)11-4-3-7-17-11/h3-4,7-9,13-14H,5-6H2,1-2H3. The third-order valence-corrected chi connectivity index (χ3v) is 3.30. The minimum absolute atomic E-state index is 0.105. The summed E-state index contributed by atoms with van der Waals surface area (Å²) in [5.74, 6) is 0.944. The summed E-state index contributed by atoms with van der Waals surface area (Å²) in [6.07, 6.45) is 4.69. The lowest BCUT2D eigenvalue weighted by Gasteiger charge is -2.23. The minimum Gasteiger partial charge on any atom is -0.467 e. The highest BCUT2D eigenvalue weighted by Gasteiger charge is 2.27. The highest BCUT2D eigenvalue weighted by atomic mass is 16.3. The van der Waals surface area contributed by atoms with Gasteiger partial charge in [-0.15, -0.1) is 0 Å². The van der Waals surface area contributed by atoms with Gasteiger partial charge in [-0.2, -0.15) is 0 Å². The van der Waals surface area contributed by atoms with Crippen molar-refractivity contribution in [2.24, 2.45) is 0 Å². The van der Waals surface area contributed by atoms with Gasteiger partial charge in [0.05, 0.1) is 18.3 Å². The third-order valence-electron chi connectivity index (χ3n) is 3.30. The Morgan fingerprint density at radius 3 is 3.12 bits per heavy atom. The molecule has 4 heteroatoms. The van der Waals surface area contributed by atoms with Crippen molar-refractivity contribution in [2.75, 3.05) is 6.54 Å². The Bertz CT molecular complexity index is 499. The van der Waals surface area contributed by atoms with E-state index in [1.165, 1.54) is 5.69 Å². The van der Waals surface area contributed by atoms with Crippen LogP contribution in [0.15, 0.2) is 29.1 Å².